The molecule has 1 fully saturated rings. The number of nitrogens with one attached hydrogen (secondary N) is 2. The summed E-state index contributed by atoms with van der Waals surface area (Å²) in [6.45, 7) is 6.86. The van der Waals surface area contributed by atoms with Crippen molar-refractivity contribution in [2.24, 2.45) is 0 Å². The molecule has 1 aliphatic heterocycles. The maximum absolute atomic E-state index is 12.0. The first kappa shape index (κ1) is 16.5. The van der Waals surface area contributed by atoms with Crippen LogP contribution in [-0.2, 0) is 4.79 Å². The van der Waals surface area contributed by atoms with E-state index in [-0.39, 0.29) is 11.8 Å². The monoisotopic (exact) mass is 303 g/mol. The van der Waals surface area contributed by atoms with Crippen molar-refractivity contribution in [1.29, 1.82) is 0 Å². The molecule has 2 amide bonds. The van der Waals surface area contributed by atoms with Crippen molar-refractivity contribution in [1.82, 2.24) is 15.8 Å². The van der Waals surface area contributed by atoms with Crippen molar-refractivity contribution < 1.29 is 9.59 Å². The van der Waals surface area contributed by atoms with Crippen LogP contribution in [0.4, 0.5) is 0 Å². The van der Waals surface area contributed by atoms with Crippen molar-refractivity contribution in [3.8, 4) is 0 Å². The van der Waals surface area contributed by atoms with Gasteiger partial charge in [-0.3, -0.25) is 20.4 Å². The minimum absolute atomic E-state index is 0.150. The molecule has 0 aromatic heterocycles. The predicted molar refractivity (Wildman–Crippen MR) is 86.4 cm³/mol. The second kappa shape index (κ2) is 7.94. The molecule has 22 heavy (non-hydrogen) atoms. The van der Waals surface area contributed by atoms with Crippen LogP contribution in [0, 0.1) is 13.8 Å². The molecular weight excluding hydrogens is 278 g/mol. The van der Waals surface area contributed by atoms with Crippen molar-refractivity contribution in [2.75, 3.05) is 19.6 Å². The second-order valence-corrected chi connectivity index (χ2v) is 5.95. The van der Waals surface area contributed by atoms with E-state index >= 15 is 0 Å². The fraction of sp³-hybridized carbons (Fsp3) is 0.529. The number of rotatable bonds is 4. The van der Waals surface area contributed by atoms with Gasteiger partial charge in [0.2, 0.25) is 5.91 Å². The predicted octanol–water partition coefficient (Wildman–Crippen LogP) is 1.94. The SMILES string of the molecule is Cc1ccc(C(=O)NNC(=O)CCN2CCCCC2)cc1C. The van der Waals surface area contributed by atoms with E-state index in [1.807, 2.05) is 26.0 Å². The Morgan fingerprint density at radius 2 is 1.77 bits per heavy atom. The molecule has 2 N–H and O–H groups in total. The zero-order valence-corrected chi connectivity index (χ0v) is 13.4. The summed E-state index contributed by atoms with van der Waals surface area (Å²) in [4.78, 5) is 26.1. The third-order valence-electron chi connectivity index (χ3n) is 4.19. The zero-order chi connectivity index (χ0) is 15.9. The summed E-state index contributed by atoms with van der Waals surface area (Å²) in [5, 5.41) is 0. The minimum Gasteiger partial charge on any atom is -0.303 e. The van der Waals surface area contributed by atoms with Crippen molar-refractivity contribution in [3.05, 3.63) is 34.9 Å². The van der Waals surface area contributed by atoms with Gasteiger partial charge in [0, 0.05) is 18.5 Å². The van der Waals surface area contributed by atoms with Crippen LogP contribution < -0.4 is 10.9 Å². The van der Waals surface area contributed by atoms with Crippen LogP contribution in [0.15, 0.2) is 18.2 Å². The molecule has 1 aromatic carbocycles. The highest BCUT2D eigenvalue weighted by Gasteiger charge is 2.12. The number of carbonyl (C=O) groups is 2. The van der Waals surface area contributed by atoms with Crippen molar-refractivity contribution >= 4 is 11.8 Å². The summed E-state index contributed by atoms with van der Waals surface area (Å²) in [5.74, 6) is -0.433. The number of nitrogens with zero attached hydrogens (tertiary/aromatic N) is 1. The Labute approximate surface area is 132 Å². The highest BCUT2D eigenvalue weighted by atomic mass is 16.2. The number of hydrogen-bond donors (Lipinski definition) is 2. The number of aryl methyl sites for hydroxylation is 2. The molecule has 1 aliphatic rings. The molecule has 1 saturated heterocycles. The number of likely N-dealkylation sites (tertiary alicyclic amines) is 1. The highest BCUT2D eigenvalue weighted by Crippen LogP contribution is 2.10. The Morgan fingerprint density at radius 3 is 2.45 bits per heavy atom. The van der Waals surface area contributed by atoms with Gasteiger partial charge in [0.05, 0.1) is 0 Å². The Morgan fingerprint density at radius 1 is 1.05 bits per heavy atom. The minimum atomic E-state index is -0.283. The van der Waals surface area contributed by atoms with Gasteiger partial charge in [-0.2, -0.15) is 0 Å². The van der Waals surface area contributed by atoms with E-state index < -0.39 is 0 Å². The van der Waals surface area contributed by atoms with E-state index in [9.17, 15) is 9.59 Å². The molecule has 2 rings (SSSR count). The average Bonchev–Trinajstić information content (AvgIpc) is 2.54. The lowest BCUT2D eigenvalue weighted by molar-refractivity contribution is -0.122. The topological polar surface area (TPSA) is 61.4 Å². The number of carbonyl (C=O) groups excluding carboxylic acids is 2. The Balaban J connectivity index is 1.73. The van der Waals surface area contributed by atoms with Gasteiger partial charge in [0.15, 0.2) is 0 Å². The Kier molecular flexibility index (Phi) is 5.95. The molecule has 0 unspecified atom stereocenters. The summed E-state index contributed by atoms with van der Waals surface area (Å²) >= 11 is 0. The van der Waals surface area contributed by atoms with Gasteiger partial charge in [-0.05, 0) is 63.0 Å². The molecule has 0 saturated carbocycles. The summed E-state index contributed by atoms with van der Waals surface area (Å²) in [6, 6.07) is 5.49. The van der Waals surface area contributed by atoms with Crippen molar-refractivity contribution in [3.63, 3.8) is 0 Å². The van der Waals surface area contributed by atoms with E-state index in [0.29, 0.717) is 12.0 Å². The number of benzene rings is 1. The van der Waals surface area contributed by atoms with Gasteiger partial charge in [-0.25, -0.2) is 0 Å². The van der Waals surface area contributed by atoms with Gasteiger partial charge >= 0.3 is 0 Å². The van der Waals surface area contributed by atoms with Crippen LogP contribution >= 0.6 is 0 Å². The smallest absolute Gasteiger partial charge is 0.269 e. The fourth-order valence-corrected chi connectivity index (χ4v) is 2.59. The zero-order valence-electron chi connectivity index (χ0n) is 13.4. The highest BCUT2D eigenvalue weighted by molar-refractivity contribution is 5.95. The maximum atomic E-state index is 12.0. The summed E-state index contributed by atoms with van der Waals surface area (Å²) in [6.07, 6.45) is 4.12. The van der Waals surface area contributed by atoms with Crippen LogP contribution in [0.25, 0.3) is 0 Å². The van der Waals surface area contributed by atoms with Crippen LogP contribution in [0.5, 0.6) is 0 Å². The van der Waals surface area contributed by atoms with E-state index in [1.54, 1.807) is 6.07 Å². The van der Waals surface area contributed by atoms with E-state index in [1.165, 1.54) is 19.3 Å². The van der Waals surface area contributed by atoms with Gasteiger partial charge < -0.3 is 4.90 Å². The Bertz CT molecular complexity index is 537. The quantitative estimate of drug-likeness (QED) is 0.836. The molecule has 1 aromatic rings. The Hall–Kier alpha value is -1.88. The van der Waals surface area contributed by atoms with Crippen LogP contribution in [0.2, 0.25) is 0 Å². The first-order valence-electron chi connectivity index (χ1n) is 7.95. The largest absolute Gasteiger partial charge is 0.303 e. The average molecular weight is 303 g/mol. The van der Waals surface area contributed by atoms with Crippen molar-refractivity contribution in [2.45, 2.75) is 39.5 Å². The molecule has 0 bridgehead atoms. The molecule has 1 heterocycles. The second-order valence-electron chi connectivity index (χ2n) is 5.95. The van der Waals surface area contributed by atoms with Crippen LogP contribution in [-0.4, -0.2) is 36.3 Å². The van der Waals surface area contributed by atoms with Gasteiger partial charge in [0.1, 0.15) is 0 Å². The lowest BCUT2D eigenvalue weighted by atomic mass is 10.1. The molecule has 120 valence electrons. The van der Waals surface area contributed by atoms with Crippen LogP contribution in [0.3, 0.4) is 0 Å². The maximum Gasteiger partial charge on any atom is 0.269 e. The lowest BCUT2D eigenvalue weighted by Crippen LogP contribution is -2.43. The normalized spacial score (nSPS) is 15.4. The molecule has 0 aliphatic carbocycles. The molecule has 0 radical (unpaired) electrons. The first-order chi connectivity index (χ1) is 10.6. The number of hydrazine groups is 1. The van der Waals surface area contributed by atoms with E-state index in [2.05, 4.69) is 15.8 Å². The number of hydrogen-bond acceptors (Lipinski definition) is 3. The van der Waals surface area contributed by atoms with E-state index in [4.69, 9.17) is 0 Å². The molecule has 0 spiro atoms. The van der Waals surface area contributed by atoms with Gasteiger partial charge in [-0.1, -0.05) is 12.5 Å². The number of amides is 2. The van der Waals surface area contributed by atoms with Gasteiger partial charge in [0.25, 0.3) is 5.91 Å². The standard InChI is InChI=1S/C17H25N3O2/c1-13-6-7-15(12-14(13)2)17(22)19-18-16(21)8-11-20-9-4-3-5-10-20/h6-7,12H,3-5,8-11H2,1-2H3,(H,18,21)(H,19,22). The summed E-state index contributed by atoms with van der Waals surface area (Å²) in [5.41, 5.74) is 7.72. The van der Waals surface area contributed by atoms with E-state index in [0.717, 1.165) is 30.8 Å². The number of piperidine rings is 1. The first-order valence-corrected chi connectivity index (χ1v) is 7.95. The molecule has 5 nitrogen and oxygen atoms in total. The molecule has 0 atom stereocenters. The lowest BCUT2D eigenvalue weighted by Gasteiger charge is -2.25. The van der Waals surface area contributed by atoms with Gasteiger partial charge in [-0.15, -0.1) is 0 Å². The third-order valence-corrected chi connectivity index (χ3v) is 4.19. The molecule has 5 heteroatoms. The summed E-state index contributed by atoms with van der Waals surface area (Å²) in [7, 11) is 0. The fourth-order valence-electron chi connectivity index (χ4n) is 2.59. The summed E-state index contributed by atoms with van der Waals surface area (Å²) < 4.78 is 0. The van der Waals surface area contributed by atoms with Crippen LogP contribution in [0.1, 0.15) is 47.2 Å². The third kappa shape index (κ3) is 4.84. The molecular formula is C17H25N3O2.